The summed E-state index contributed by atoms with van der Waals surface area (Å²) < 4.78 is 20.7. The van der Waals surface area contributed by atoms with Gasteiger partial charge >= 0.3 is 0 Å². The van der Waals surface area contributed by atoms with Crippen molar-refractivity contribution in [3.05, 3.63) is 63.9 Å². The molecule has 2 N–H and O–H groups in total. The van der Waals surface area contributed by atoms with E-state index in [0.717, 1.165) is 61.6 Å². The van der Waals surface area contributed by atoms with Crippen LogP contribution in [0.3, 0.4) is 0 Å². The van der Waals surface area contributed by atoms with E-state index in [1.54, 1.807) is 12.1 Å². The molecule has 0 saturated carbocycles. The first-order valence-electron chi connectivity index (χ1n) is 9.01. The van der Waals surface area contributed by atoms with E-state index in [9.17, 15) is 4.39 Å². The zero-order chi connectivity index (χ0) is 18.2. The van der Waals surface area contributed by atoms with E-state index >= 15 is 0 Å². The van der Waals surface area contributed by atoms with Crippen molar-refractivity contribution in [2.24, 2.45) is 0 Å². The number of halogens is 2. The van der Waals surface area contributed by atoms with Crippen LogP contribution in [-0.2, 0) is 13.2 Å². The van der Waals surface area contributed by atoms with Crippen LogP contribution in [-0.4, -0.2) is 44.2 Å². The van der Waals surface area contributed by atoms with Gasteiger partial charge in [-0.1, -0.05) is 34.1 Å². The highest BCUT2D eigenvalue weighted by Crippen LogP contribution is 2.24. The molecule has 0 radical (unpaired) electrons. The summed E-state index contributed by atoms with van der Waals surface area (Å²) in [6.45, 7) is 7.27. The fourth-order valence-corrected chi connectivity index (χ4v) is 3.40. The molecule has 4 nitrogen and oxygen atoms in total. The fourth-order valence-electron chi connectivity index (χ4n) is 2.99. The van der Waals surface area contributed by atoms with Crippen molar-refractivity contribution in [3.8, 4) is 5.75 Å². The van der Waals surface area contributed by atoms with Crippen LogP contribution in [0.5, 0.6) is 5.75 Å². The third-order valence-electron chi connectivity index (χ3n) is 4.49. The smallest absolute Gasteiger partial charge is 0.129 e. The lowest BCUT2D eigenvalue weighted by Gasteiger charge is -2.27. The van der Waals surface area contributed by atoms with Gasteiger partial charge in [-0.25, -0.2) is 4.39 Å². The normalized spacial score (nSPS) is 15.2. The molecule has 0 atom stereocenters. The maximum atomic E-state index is 13.8. The Morgan fingerprint density at radius 3 is 2.73 bits per heavy atom. The molecule has 1 fully saturated rings. The third-order valence-corrected chi connectivity index (χ3v) is 4.99. The summed E-state index contributed by atoms with van der Waals surface area (Å²) in [5.41, 5.74) is 1.63. The molecule has 0 bridgehead atoms. The number of nitrogens with zero attached hydrogens (tertiary/aromatic N) is 1. The molecule has 26 heavy (non-hydrogen) atoms. The minimum atomic E-state index is -0.236. The highest BCUT2D eigenvalue weighted by Gasteiger charge is 2.10. The van der Waals surface area contributed by atoms with Gasteiger partial charge in [-0.15, -0.1) is 0 Å². The number of hydrogen-bond donors (Lipinski definition) is 2. The van der Waals surface area contributed by atoms with Crippen molar-refractivity contribution in [2.75, 3.05) is 39.3 Å². The summed E-state index contributed by atoms with van der Waals surface area (Å²) >= 11 is 3.52. The zero-order valence-corrected chi connectivity index (χ0v) is 16.4. The van der Waals surface area contributed by atoms with Crippen molar-refractivity contribution in [2.45, 2.75) is 13.2 Å². The molecule has 1 aliphatic heterocycles. The predicted octanol–water partition coefficient (Wildman–Crippen LogP) is 3.16. The first kappa shape index (κ1) is 19.3. The van der Waals surface area contributed by atoms with E-state index in [1.807, 2.05) is 18.2 Å². The molecule has 140 valence electrons. The lowest BCUT2D eigenvalue weighted by molar-refractivity contribution is 0.240. The Balaban J connectivity index is 1.52. The van der Waals surface area contributed by atoms with Crippen molar-refractivity contribution in [3.63, 3.8) is 0 Å². The SMILES string of the molecule is Fc1ccccc1COc1ccc(Br)cc1CNCCN1CCNCC1. The lowest BCUT2D eigenvalue weighted by atomic mass is 10.2. The fraction of sp³-hybridized carbons (Fsp3) is 0.400. The first-order valence-corrected chi connectivity index (χ1v) is 9.80. The van der Waals surface area contributed by atoms with Crippen LogP contribution in [0, 0.1) is 5.82 Å². The third kappa shape index (κ3) is 5.77. The van der Waals surface area contributed by atoms with Crippen LogP contribution >= 0.6 is 15.9 Å². The predicted molar refractivity (Wildman–Crippen MR) is 106 cm³/mol. The largest absolute Gasteiger partial charge is 0.488 e. The Kier molecular flexibility index (Phi) is 7.43. The first-order chi connectivity index (χ1) is 12.7. The minimum Gasteiger partial charge on any atom is -0.488 e. The summed E-state index contributed by atoms with van der Waals surface area (Å²) in [7, 11) is 0. The van der Waals surface area contributed by atoms with Crippen molar-refractivity contribution < 1.29 is 9.13 Å². The number of piperazine rings is 1. The zero-order valence-electron chi connectivity index (χ0n) is 14.8. The Labute approximate surface area is 162 Å². The summed E-state index contributed by atoms with van der Waals surface area (Å²) in [6, 6.07) is 12.6. The van der Waals surface area contributed by atoms with Crippen molar-refractivity contribution in [1.82, 2.24) is 15.5 Å². The van der Waals surface area contributed by atoms with Gasteiger partial charge in [-0.05, 0) is 24.3 Å². The van der Waals surface area contributed by atoms with Crippen LogP contribution in [0.25, 0.3) is 0 Å². The number of nitrogens with one attached hydrogen (secondary N) is 2. The van der Waals surface area contributed by atoms with Crippen LogP contribution in [0.15, 0.2) is 46.9 Å². The highest BCUT2D eigenvalue weighted by atomic mass is 79.9. The highest BCUT2D eigenvalue weighted by molar-refractivity contribution is 9.10. The molecule has 2 aromatic rings. The Morgan fingerprint density at radius 1 is 1.12 bits per heavy atom. The molecule has 1 heterocycles. The van der Waals surface area contributed by atoms with E-state index in [4.69, 9.17) is 4.74 Å². The second-order valence-corrected chi connectivity index (χ2v) is 7.32. The molecule has 2 aromatic carbocycles. The Hall–Kier alpha value is -1.47. The maximum absolute atomic E-state index is 13.8. The summed E-state index contributed by atoms with van der Waals surface area (Å²) in [6.07, 6.45) is 0. The van der Waals surface area contributed by atoms with Gasteiger partial charge in [0.25, 0.3) is 0 Å². The summed E-state index contributed by atoms with van der Waals surface area (Å²) in [4.78, 5) is 2.46. The van der Waals surface area contributed by atoms with Gasteiger partial charge in [0.15, 0.2) is 0 Å². The van der Waals surface area contributed by atoms with Gasteiger partial charge in [-0.2, -0.15) is 0 Å². The second kappa shape index (κ2) is 10.0. The van der Waals surface area contributed by atoms with Gasteiger partial charge in [0.2, 0.25) is 0 Å². The number of ether oxygens (including phenoxy) is 1. The monoisotopic (exact) mass is 421 g/mol. The number of hydrogen-bond acceptors (Lipinski definition) is 4. The molecule has 6 heteroatoms. The molecule has 3 rings (SSSR count). The Bertz CT molecular complexity index is 707. The van der Waals surface area contributed by atoms with Crippen LogP contribution in [0.1, 0.15) is 11.1 Å². The van der Waals surface area contributed by atoms with Gasteiger partial charge in [0.05, 0.1) is 0 Å². The maximum Gasteiger partial charge on any atom is 0.129 e. The molecule has 0 unspecified atom stereocenters. The lowest BCUT2D eigenvalue weighted by Crippen LogP contribution is -2.45. The summed E-state index contributed by atoms with van der Waals surface area (Å²) in [5.74, 6) is 0.548. The standard InChI is InChI=1S/C20H25BrFN3O/c21-18-5-6-20(26-15-16-3-1-2-4-19(16)22)17(13-18)14-24-9-12-25-10-7-23-8-11-25/h1-6,13,23-24H,7-12,14-15H2. The molecular weight excluding hydrogens is 397 g/mol. The van der Waals surface area contributed by atoms with Gasteiger partial charge in [0.1, 0.15) is 18.2 Å². The van der Waals surface area contributed by atoms with Crippen molar-refractivity contribution >= 4 is 15.9 Å². The van der Waals surface area contributed by atoms with E-state index in [0.29, 0.717) is 5.56 Å². The van der Waals surface area contributed by atoms with Crippen LogP contribution in [0.4, 0.5) is 4.39 Å². The van der Waals surface area contributed by atoms with Gasteiger partial charge in [-0.3, -0.25) is 4.90 Å². The van der Waals surface area contributed by atoms with E-state index < -0.39 is 0 Å². The van der Waals surface area contributed by atoms with Gasteiger partial charge in [0, 0.05) is 61.4 Å². The quantitative estimate of drug-likeness (QED) is 0.641. The minimum absolute atomic E-state index is 0.224. The molecular formula is C20H25BrFN3O. The number of rotatable bonds is 8. The number of benzene rings is 2. The molecule has 0 aromatic heterocycles. The average molecular weight is 422 g/mol. The van der Waals surface area contributed by atoms with E-state index in [1.165, 1.54) is 6.07 Å². The van der Waals surface area contributed by atoms with Crippen molar-refractivity contribution in [1.29, 1.82) is 0 Å². The van der Waals surface area contributed by atoms with E-state index in [2.05, 4.69) is 37.5 Å². The molecule has 1 saturated heterocycles. The molecule has 0 spiro atoms. The van der Waals surface area contributed by atoms with Gasteiger partial charge < -0.3 is 15.4 Å². The molecule has 0 aliphatic carbocycles. The second-order valence-electron chi connectivity index (χ2n) is 6.40. The summed E-state index contributed by atoms with van der Waals surface area (Å²) in [5, 5.41) is 6.85. The Morgan fingerprint density at radius 2 is 1.92 bits per heavy atom. The van der Waals surface area contributed by atoms with Crippen LogP contribution in [0.2, 0.25) is 0 Å². The van der Waals surface area contributed by atoms with E-state index in [-0.39, 0.29) is 12.4 Å². The molecule has 1 aliphatic rings. The van der Waals surface area contributed by atoms with Crippen LogP contribution < -0.4 is 15.4 Å². The molecule has 0 amide bonds. The average Bonchev–Trinajstić information content (AvgIpc) is 2.66. The topological polar surface area (TPSA) is 36.5 Å².